The van der Waals surface area contributed by atoms with Gasteiger partial charge in [-0.25, -0.2) is 0 Å². The molecule has 4 aromatic heterocycles. The van der Waals surface area contributed by atoms with E-state index in [-0.39, 0.29) is 11.5 Å². The summed E-state index contributed by atoms with van der Waals surface area (Å²) in [7, 11) is 1.92. The Balaban J connectivity index is 1.49. The highest BCUT2D eigenvalue weighted by Gasteiger charge is 2.41. The standard InChI is InChI=1S/C22H19N5O/c1-26-14-16(13-25-26)19-12-20(19)18-3-2-10-27(22(18)28)17-6-9-24-21(11-17)15-4-7-23-8-5-15/h2-11,13-14,19-20H,12H2,1H3/t19-,20-/m1/s1. The van der Waals surface area contributed by atoms with Crippen molar-refractivity contribution >= 4 is 0 Å². The van der Waals surface area contributed by atoms with Crippen LogP contribution in [0.5, 0.6) is 0 Å². The maximum atomic E-state index is 13.2. The summed E-state index contributed by atoms with van der Waals surface area (Å²) in [5.74, 6) is 0.632. The Kier molecular flexibility index (Phi) is 3.90. The molecule has 138 valence electrons. The summed E-state index contributed by atoms with van der Waals surface area (Å²) in [4.78, 5) is 21.7. The summed E-state index contributed by atoms with van der Waals surface area (Å²) in [5.41, 5.74) is 4.69. The first-order chi connectivity index (χ1) is 13.7. The molecule has 6 nitrogen and oxygen atoms in total. The van der Waals surface area contributed by atoms with Gasteiger partial charge in [0.25, 0.3) is 5.56 Å². The molecule has 0 aromatic carbocycles. The molecule has 4 aromatic rings. The number of aryl methyl sites for hydroxylation is 1. The zero-order valence-electron chi connectivity index (χ0n) is 15.4. The van der Waals surface area contributed by atoms with Crippen molar-refractivity contribution in [2.45, 2.75) is 18.3 Å². The topological polar surface area (TPSA) is 65.6 Å². The Hall–Kier alpha value is -3.54. The number of hydrogen-bond donors (Lipinski definition) is 0. The lowest BCUT2D eigenvalue weighted by atomic mass is 10.1. The quantitative estimate of drug-likeness (QED) is 0.554. The fourth-order valence-corrected chi connectivity index (χ4v) is 3.78. The molecule has 0 radical (unpaired) electrons. The molecule has 1 aliphatic carbocycles. The Morgan fingerprint density at radius 1 is 1.07 bits per heavy atom. The number of pyridine rings is 3. The SMILES string of the molecule is Cn1cc([C@H]2C[C@@H]2c2cccn(-c3ccnc(-c4ccncc4)c3)c2=O)cn1. The first kappa shape index (κ1) is 16.6. The smallest absolute Gasteiger partial charge is 0.258 e. The van der Waals surface area contributed by atoms with Crippen molar-refractivity contribution in [3.8, 4) is 16.9 Å². The monoisotopic (exact) mass is 369 g/mol. The van der Waals surface area contributed by atoms with Gasteiger partial charge in [-0.05, 0) is 54.2 Å². The Morgan fingerprint density at radius 3 is 2.71 bits per heavy atom. The van der Waals surface area contributed by atoms with Gasteiger partial charge in [-0.3, -0.25) is 24.0 Å². The van der Waals surface area contributed by atoms with Gasteiger partial charge in [0.1, 0.15) is 0 Å². The van der Waals surface area contributed by atoms with Gasteiger partial charge in [0.05, 0.1) is 17.6 Å². The van der Waals surface area contributed by atoms with Crippen molar-refractivity contribution in [2.75, 3.05) is 0 Å². The van der Waals surface area contributed by atoms with Gasteiger partial charge in [0, 0.05) is 49.2 Å². The lowest BCUT2D eigenvalue weighted by Gasteiger charge is -2.09. The van der Waals surface area contributed by atoms with E-state index in [1.54, 1.807) is 23.2 Å². The largest absolute Gasteiger partial charge is 0.284 e. The summed E-state index contributed by atoms with van der Waals surface area (Å²) >= 11 is 0. The van der Waals surface area contributed by atoms with E-state index < -0.39 is 0 Å². The van der Waals surface area contributed by atoms with Gasteiger partial charge < -0.3 is 0 Å². The molecule has 1 aliphatic rings. The van der Waals surface area contributed by atoms with Crippen molar-refractivity contribution in [1.29, 1.82) is 0 Å². The van der Waals surface area contributed by atoms with E-state index in [1.807, 2.05) is 66.7 Å². The highest BCUT2D eigenvalue weighted by molar-refractivity contribution is 5.60. The number of nitrogens with zero attached hydrogens (tertiary/aromatic N) is 5. The summed E-state index contributed by atoms with van der Waals surface area (Å²) in [5, 5.41) is 4.25. The molecule has 0 saturated heterocycles. The van der Waals surface area contributed by atoms with E-state index in [2.05, 4.69) is 15.1 Å². The van der Waals surface area contributed by atoms with Crippen molar-refractivity contribution in [3.05, 3.63) is 95.1 Å². The third-order valence-electron chi connectivity index (χ3n) is 5.32. The molecule has 0 aliphatic heterocycles. The first-order valence-electron chi connectivity index (χ1n) is 9.27. The summed E-state index contributed by atoms with van der Waals surface area (Å²) < 4.78 is 3.52. The van der Waals surface area contributed by atoms with Crippen LogP contribution in [-0.4, -0.2) is 24.3 Å². The Labute approximate surface area is 162 Å². The van der Waals surface area contributed by atoms with Gasteiger partial charge in [-0.2, -0.15) is 5.10 Å². The zero-order chi connectivity index (χ0) is 19.1. The van der Waals surface area contributed by atoms with Gasteiger partial charge >= 0.3 is 0 Å². The van der Waals surface area contributed by atoms with E-state index >= 15 is 0 Å². The molecule has 0 N–H and O–H groups in total. The van der Waals surface area contributed by atoms with Crippen LogP contribution >= 0.6 is 0 Å². The number of hydrogen-bond acceptors (Lipinski definition) is 4. The van der Waals surface area contributed by atoms with Crippen LogP contribution in [0.1, 0.15) is 29.4 Å². The van der Waals surface area contributed by atoms with E-state index in [1.165, 1.54) is 5.56 Å². The molecule has 0 bridgehead atoms. The summed E-state index contributed by atoms with van der Waals surface area (Å²) in [6.07, 6.45) is 12.0. The van der Waals surface area contributed by atoms with Crippen LogP contribution in [0.15, 0.2) is 78.4 Å². The zero-order valence-corrected chi connectivity index (χ0v) is 15.4. The van der Waals surface area contributed by atoms with Crippen LogP contribution in [0.4, 0.5) is 0 Å². The molecule has 2 atom stereocenters. The van der Waals surface area contributed by atoms with E-state index in [0.717, 1.165) is 28.9 Å². The Morgan fingerprint density at radius 2 is 1.93 bits per heavy atom. The predicted octanol–water partition coefficient (Wildman–Crippen LogP) is 3.30. The van der Waals surface area contributed by atoms with Gasteiger partial charge in [0.15, 0.2) is 0 Å². The molecule has 28 heavy (non-hydrogen) atoms. The second-order valence-corrected chi connectivity index (χ2v) is 7.17. The van der Waals surface area contributed by atoms with Crippen molar-refractivity contribution in [3.63, 3.8) is 0 Å². The molecular formula is C22H19N5O. The van der Waals surface area contributed by atoms with Crippen molar-refractivity contribution < 1.29 is 0 Å². The highest BCUT2D eigenvalue weighted by Crippen LogP contribution is 2.53. The maximum absolute atomic E-state index is 13.2. The highest BCUT2D eigenvalue weighted by atomic mass is 16.1. The molecule has 0 spiro atoms. The summed E-state index contributed by atoms with van der Waals surface area (Å²) in [6.45, 7) is 0. The normalized spacial score (nSPS) is 18.2. The minimum absolute atomic E-state index is 0.0331. The van der Waals surface area contributed by atoms with E-state index in [9.17, 15) is 4.79 Å². The van der Waals surface area contributed by atoms with Gasteiger partial charge in [-0.1, -0.05) is 6.07 Å². The van der Waals surface area contributed by atoms with Crippen LogP contribution in [0, 0.1) is 0 Å². The lowest BCUT2D eigenvalue weighted by Crippen LogP contribution is -2.21. The van der Waals surface area contributed by atoms with Crippen LogP contribution in [0.25, 0.3) is 16.9 Å². The molecule has 1 saturated carbocycles. The number of aromatic nitrogens is 5. The average molecular weight is 369 g/mol. The second kappa shape index (κ2) is 6.56. The fourth-order valence-electron chi connectivity index (χ4n) is 3.78. The molecular weight excluding hydrogens is 350 g/mol. The fraction of sp³-hybridized carbons (Fsp3) is 0.182. The van der Waals surface area contributed by atoms with E-state index in [0.29, 0.717) is 5.92 Å². The third kappa shape index (κ3) is 2.93. The minimum Gasteiger partial charge on any atom is -0.284 e. The predicted molar refractivity (Wildman–Crippen MR) is 106 cm³/mol. The molecule has 1 fully saturated rings. The first-order valence-corrected chi connectivity index (χ1v) is 9.27. The average Bonchev–Trinajstić information content (AvgIpc) is 3.41. The van der Waals surface area contributed by atoms with Gasteiger partial charge in [-0.15, -0.1) is 0 Å². The van der Waals surface area contributed by atoms with Crippen LogP contribution < -0.4 is 5.56 Å². The minimum atomic E-state index is 0.0331. The van der Waals surface area contributed by atoms with Crippen LogP contribution in [0.3, 0.4) is 0 Å². The van der Waals surface area contributed by atoms with Crippen molar-refractivity contribution in [2.24, 2.45) is 7.05 Å². The second-order valence-electron chi connectivity index (χ2n) is 7.17. The van der Waals surface area contributed by atoms with Crippen molar-refractivity contribution in [1.82, 2.24) is 24.3 Å². The molecule has 0 unspecified atom stereocenters. The Bertz CT molecular complexity index is 1190. The maximum Gasteiger partial charge on any atom is 0.258 e. The lowest BCUT2D eigenvalue weighted by molar-refractivity contribution is 0.766. The number of rotatable bonds is 4. The van der Waals surface area contributed by atoms with E-state index in [4.69, 9.17) is 0 Å². The molecule has 0 amide bonds. The summed E-state index contributed by atoms with van der Waals surface area (Å²) in [6, 6.07) is 11.5. The van der Waals surface area contributed by atoms with Gasteiger partial charge in [0.2, 0.25) is 0 Å². The molecule has 6 heteroatoms. The molecule has 5 rings (SSSR count). The van der Waals surface area contributed by atoms with Crippen LogP contribution in [0.2, 0.25) is 0 Å². The molecule has 4 heterocycles. The third-order valence-corrected chi connectivity index (χ3v) is 5.32. The van der Waals surface area contributed by atoms with Crippen LogP contribution in [-0.2, 0) is 7.05 Å².